The van der Waals surface area contributed by atoms with E-state index in [-0.39, 0.29) is 18.6 Å². The Morgan fingerprint density at radius 3 is 2.58 bits per heavy atom. The number of amides is 1. The SMILES string of the molecule is O=C1CC(c2cc3c(cc2Cl)OCO3)c2cc(Br)c3ccccc3c2N1. The molecule has 1 N–H and O–H groups in total. The third-order valence-corrected chi connectivity index (χ3v) is 5.90. The minimum absolute atomic E-state index is 0.0243. The molecule has 6 heteroatoms. The van der Waals surface area contributed by atoms with Crippen LogP contribution in [0.15, 0.2) is 46.9 Å². The van der Waals surface area contributed by atoms with Crippen molar-refractivity contribution in [1.29, 1.82) is 0 Å². The average Bonchev–Trinajstić information content (AvgIpc) is 3.09. The number of anilines is 1. The number of rotatable bonds is 1. The van der Waals surface area contributed by atoms with Gasteiger partial charge in [0.1, 0.15) is 0 Å². The number of ether oxygens (including phenoxy) is 2. The van der Waals surface area contributed by atoms with Gasteiger partial charge in [0.05, 0.1) is 5.69 Å². The Morgan fingerprint density at radius 2 is 1.77 bits per heavy atom. The largest absolute Gasteiger partial charge is 0.454 e. The summed E-state index contributed by atoms with van der Waals surface area (Å²) in [6.45, 7) is 0.188. The highest BCUT2D eigenvalue weighted by molar-refractivity contribution is 9.10. The predicted octanol–water partition coefficient (Wildman–Crippen LogP) is 5.46. The number of nitrogens with one attached hydrogen (secondary N) is 1. The third-order valence-electron chi connectivity index (χ3n) is 4.92. The van der Waals surface area contributed by atoms with Crippen molar-refractivity contribution in [3.63, 3.8) is 0 Å². The molecule has 0 fully saturated rings. The van der Waals surface area contributed by atoms with E-state index >= 15 is 0 Å². The van der Waals surface area contributed by atoms with Crippen molar-refractivity contribution in [2.24, 2.45) is 0 Å². The normalized spacial score (nSPS) is 17.9. The van der Waals surface area contributed by atoms with Gasteiger partial charge in [-0.15, -0.1) is 0 Å². The molecular weight excluding hydrogens is 418 g/mol. The number of hydrogen-bond donors (Lipinski definition) is 1. The van der Waals surface area contributed by atoms with Gasteiger partial charge in [0, 0.05) is 33.3 Å². The lowest BCUT2D eigenvalue weighted by atomic mass is 9.83. The second kappa shape index (κ2) is 5.89. The second-order valence-electron chi connectivity index (χ2n) is 6.40. The van der Waals surface area contributed by atoms with Gasteiger partial charge in [0.2, 0.25) is 12.7 Å². The topological polar surface area (TPSA) is 47.6 Å². The van der Waals surface area contributed by atoms with Gasteiger partial charge in [-0.1, -0.05) is 51.8 Å². The Kier molecular flexibility index (Phi) is 3.62. The Labute approximate surface area is 163 Å². The fraction of sp³-hybridized carbons (Fsp3) is 0.150. The number of carbonyl (C=O) groups excluding carboxylic acids is 1. The summed E-state index contributed by atoms with van der Waals surface area (Å²) in [5, 5.41) is 5.68. The van der Waals surface area contributed by atoms with E-state index in [9.17, 15) is 4.79 Å². The number of benzene rings is 3. The van der Waals surface area contributed by atoms with Crippen LogP contribution in [-0.2, 0) is 4.79 Å². The van der Waals surface area contributed by atoms with Crippen molar-refractivity contribution in [1.82, 2.24) is 0 Å². The Bertz CT molecular complexity index is 1080. The van der Waals surface area contributed by atoms with E-state index in [0.717, 1.165) is 32.1 Å². The molecule has 3 aromatic carbocycles. The number of carbonyl (C=O) groups is 1. The fourth-order valence-corrected chi connectivity index (χ4v) is 4.61. The Balaban J connectivity index is 1.75. The molecule has 0 aromatic heterocycles. The highest BCUT2D eigenvalue weighted by Crippen LogP contribution is 2.47. The maximum atomic E-state index is 12.5. The highest BCUT2D eigenvalue weighted by Gasteiger charge is 2.31. The van der Waals surface area contributed by atoms with E-state index in [4.69, 9.17) is 21.1 Å². The van der Waals surface area contributed by atoms with Crippen molar-refractivity contribution in [3.8, 4) is 11.5 Å². The first-order valence-corrected chi connectivity index (χ1v) is 9.39. The monoisotopic (exact) mass is 429 g/mol. The first-order valence-electron chi connectivity index (χ1n) is 8.22. The molecule has 0 spiro atoms. The lowest BCUT2D eigenvalue weighted by molar-refractivity contribution is -0.116. The minimum atomic E-state index is -0.151. The van der Waals surface area contributed by atoms with Crippen molar-refractivity contribution < 1.29 is 14.3 Å². The summed E-state index contributed by atoms with van der Waals surface area (Å²) in [5.74, 6) is 1.13. The summed E-state index contributed by atoms with van der Waals surface area (Å²) in [5.41, 5.74) is 2.75. The van der Waals surface area contributed by atoms with Gasteiger partial charge >= 0.3 is 0 Å². The summed E-state index contributed by atoms with van der Waals surface area (Å²) in [7, 11) is 0. The first-order chi connectivity index (χ1) is 12.6. The molecule has 0 saturated carbocycles. The van der Waals surface area contributed by atoms with E-state index < -0.39 is 0 Å². The molecule has 26 heavy (non-hydrogen) atoms. The predicted molar refractivity (Wildman–Crippen MR) is 104 cm³/mol. The number of fused-ring (bicyclic) bond motifs is 4. The third kappa shape index (κ3) is 2.38. The highest BCUT2D eigenvalue weighted by atomic mass is 79.9. The summed E-state index contributed by atoms with van der Waals surface area (Å²) < 4.78 is 11.9. The molecule has 130 valence electrons. The van der Waals surface area contributed by atoms with E-state index in [1.165, 1.54) is 0 Å². The maximum Gasteiger partial charge on any atom is 0.231 e. The Hall–Kier alpha value is -2.24. The summed E-state index contributed by atoms with van der Waals surface area (Å²) >= 11 is 10.2. The van der Waals surface area contributed by atoms with Crippen molar-refractivity contribution in [2.45, 2.75) is 12.3 Å². The lowest BCUT2D eigenvalue weighted by Gasteiger charge is -2.28. The molecule has 2 aliphatic heterocycles. The molecule has 3 aromatic rings. The van der Waals surface area contributed by atoms with E-state index in [2.05, 4.69) is 27.3 Å². The van der Waals surface area contributed by atoms with Gasteiger partial charge in [-0.05, 0) is 28.6 Å². The lowest BCUT2D eigenvalue weighted by Crippen LogP contribution is -2.24. The van der Waals surface area contributed by atoms with E-state index in [1.54, 1.807) is 6.07 Å². The summed E-state index contributed by atoms with van der Waals surface area (Å²) in [6, 6.07) is 13.7. The number of hydrogen-bond acceptors (Lipinski definition) is 3. The minimum Gasteiger partial charge on any atom is -0.454 e. The van der Waals surface area contributed by atoms with Gasteiger partial charge in [0.25, 0.3) is 0 Å². The van der Waals surface area contributed by atoms with Crippen LogP contribution in [0.1, 0.15) is 23.5 Å². The maximum absolute atomic E-state index is 12.5. The van der Waals surface area contributed by atoms with Crippen molar-refractivity contribution in [2.75, 3.05) is 12.1 Å². The molecule has 0 radical (unpaired) electrons. The molecule has 0 bridgehead atoms. The average molecular weight is 431 g/mol. The van der Waals surface area contributed by atoms with Crippen LogP contribution in [0, 0.1) is 0 Å². The quantitative estimate of drug-likeness (QED) is 0.558. The zero-order chi connectivity index (χ0) is 17.8. The molecule has 1 amide bonds. The Morgan fingerprint density at radius 1 is 1.04 bits per heavy atom. The smallest absolute Gasteiger partial charge is 0.231 e. The summed E-state index contributed by atoms with van der Waals surface area (Å²) in [4.78, 5) is 12.5. The van der Waals surface area contributed by atoms with Crippen LogP contribution in [0.3, 0.4) is 0 Å². The first kappa shape index (κ1) is 16.0. The standard InChI is InChI=1S/C20H13BrClNO3/c21-15-5-14-12(13-6-17-18(8-16(13)22)26-9-25-17)7-19(24)23-20(14)11-4-2-1-3-10(11)15/h1-6,8,12H,7,9H2,(H,23,24). The van der Waals surface area contributed by atoms with E-state index in [0.29, 0.717) is 22.9 Å². The molecule has 2 aliphatic rings. The van der Waals surface area contributed by atoms with E-state index in [1.807, 2.05) is 30.3 Å². The second-order valence-corrected chi connectivity index (χ2v) is 7.66. The van der Waals surface area contributed by atoms with Crippen LogP contribution in [-0.4, -0.2) is 12.7 Å². The molecule has 0 aliphatic carbocycles. The van der Waals surface area contributed by atoms with Crippen LogP contribution < -0.4 is 14.8 Å². The van der Waals surface area contributed by atoms with Crippen LogP contribution in [0.4, 0.5) is 5.69 Å². The zero-order valence-electron chi connectivity index (χ0n) is 13.5. The zero-order valence-corrected chi connectivity index (χ0v) is 15.9. The fourth-order valence-electron chi connectivity index (χ4n) is 3.73. The molecule has 1 unspecified atom stereocenters. The van der Waals surface area contributed by atoms with Crippen molar-refractivity contribution in [3.05, 3.63) is 63.1 Å². The van der Waals surface area contributed by atoms with Crippen LogP contribution in [0.5, 0.6) is 11.5 Å². The molecule has 1 atom stereocenters. The molecule has 2 heterocycles. The summed E-state index contributed by atoms with van der Waals surface area (Å²) in [6.07, 6.45) is 0.331. The number of halogens is 2. The van der Waals surface area contributed by atoms with Crippen LogP contribution in [0.25, 0.3) is 10.8 Å². The van der Waals surface area contributed by atoms with Crippen molar-refractivity contribution >= 4 is 49.9 Å². The van der Waals surface area contributed by atoms with Crippen LogP contribution in [0.2, 0.25) is 5.02 Å². The van der Waals surface area contributed by atoms with Crippen LogP contribution >= 0.6 is 27.5 Å². The van der Waals surface area contributed by atoms with Gasteiger partial charge in [-0.3, -0.25) is 4.79 Å². The molecular formula is C20H13BrClNO3. The molecule has 0 saturated heterocycles. The molecule has 5 rings (SSSR count). The van der Waals surface area contributed by atoms with Gasteiger partial charge in [-0.25, -0.2) is 0 Å². The van der Waals surface area contributed by atoms with Gasteiger partial charge < -0.3 is 14.8 Å². The van der Waals surface area contributed by atoms with Gasteiger partial charge in [-0.2, -0.15) is 0 Å². The molecule has 4 nitrogen and oxygen atoms in total. The van der Waals surface area contributed by atoms with Gasteiger partial charge in [0.15, 0.2) is 11.5 Å².